The van der Waals surface area contributed by atoms with Gasteiger partial charge in [-0.25, -0.2) is 4.98 Å². The molecule has 1 aliphatic rings. The molecule has 6 nitrogen and oxygen atoms in total. The first-order valence-electron chi connectivity index (χ1n) is 9.55. The molecule has 0 radical (unpaired) electrons. The monoisotopic (exact) mass is 402 g/mol. The van der Waals surface area contributed by atoms with Crippen molar-refractivity contribution in [1.82, 2.24) is 15.2 Å². The Bertz CT molecular complexity index is 816. The predicted octanol–water partition coefficient (Wildman–Crippen LogP) is 3.60. The zero-order valence-electron chi connectivity index (χ0n) is 17.4. The lowest BCUT2D eigenvalue weighted by molar-refractivity contribution is 0.119. The molecule has 1 aromatic carbocycles. The SMILES string of the molecule is CN=C(NCC1(c2ccccc2OC)CC1)N(C)Cc1csc(C(C)OC)n1. The van der Waals surface area contributed by atoms with E-state index in [0.717, 1.165) is 41.8 Å². The maximum Gasteiger partial charge on any atom is 0.193 e. The van der Waals surface area contributed by atoms with Crippen LogP contribution in [0.3, 0.4) is 0 Å². The number of rotatable bonds is 8. The van der Waals surface area contributed by atoms with E-state index in [1.807, 2.05) is 33.2 Å². The highest BCUT2D eigenvalue weighted by molar-refractivity contribution is 7.09. The number of nitrogens with zero attached hydrogens (tertiary/aromatic N) is 3. The Morgan fingerprint density at radius 1 is 1.36 bits per heavy atom. The van der Waals surface area contributed by atoms with E-state index in [1.54, 1.807) is 25.6 Å². The largest absolute Gasteiger partial charge is 0.496 e. The van der Waals surface area contributed by atoms with Crippen molar-refractivity contribution in [2.24, 2.45) is 4.99 Å². The zero-order chi connectivity index (χ0) is 20.1. The maximum atomic E-state index is 5.58. The number of methoxy groups -OCH3 is 2. The van der Waals surface area contributed by atoms with Crippen molar-refractivity contribution in [2.45, 2.75) is 37.8 Å². The molecule has 7 heteroatoms. The van der Waals surface area contributed by atoms with Gasteiger partial charge in [0.15, 0.2) is 5.96 Å². The number of hydrogen-bond acceptors (Lipinski definition) is 5. The van der Waals surface area contributed by atoms with Crippen LogP contribution in [-0.2, 0) is 16.7 Å². The summed E-state index contributed by atoms with van der Waals surface area (Å²) >= 11 is 1.64. The molecule has 28 heavy (non-hydrogen) atoms. The molecular weight excluding hydrogens is 372 g/mol. The molecule has 1 saturated carbocycles. The summed E-state index contributed by atoms with van der Waals surface area (Å²) in [5.41, 5.74) is 2.44. The van der Waals surface area contributed by atoms with Crippen molar-refractivity contribution in [1.29, 1.82) is 0 Å². The zero-order valence-corrected chi connectivity index (χ0v) is 18.2. The molecule has 0 spiro atoms. The van der Waals surface area contributed by atoms with Gasteiger partial charge in [0.2, 0.25) is 0 Å². The summed E-state index contributed by atoms with van der Waals surface area (Å²) in [6.45, 7) is 3.56. The molecule has 0 aliphatic heterocycles. The minimum absolute atomic E-state index is 0.0251. The molecular formula is C21H30N4O2S. The number of thiazole rings is 1. The Labute approximate surface area is 171 Å². The third kappa shape index (κ3) is 4.47. The van der Waals surface area contributed by atoms with E-state index in [4.69, 9.17) is 9.47 Å². The van der Waals surface area contributed by atoms with Crippen LogP contribution in [0.15, 0.2) is 34.6 Å². The van der Waals surface area contributed by atoms with Gasteiger partial charge in [0.1, 0.15) is 16.9 Å². The molecule has 152 valence electrons. The Morgan fingerprint density at radius 2 is 2.11 bits per heavy atom. The first-order chi connectivity index (χ1) is 13.5. The Hall–Kier alpha value is -2.12. The summed E-state index contributed by atoms with van der Waals surface area (Å²) in [6.07, 6.45) is 2.34. The second-order valence-electron chi connectivity index (χ2n) is 7.29. The number of nitrogens with one attached hydrogen (secondary N) is 1. The molecule has 1 N–H and O–H groups in total. The maximum absolute atomic E-state index is 5.58. The van der Waals surface area contributed by atoms with Gasteiger partial charge in [0, 0.05) is 44.1 Å². The standard InChI is InChI=1S/C21H30N4O2S/c1-15(26-4)19-24-16(13-28-19)12-25(3)20(22-2)23-14-21(10-11-21)17-8-6-7-9-18(17)27-5/h6-9,13,15H,10-12,14H2,1-5H3,(H,22,23). The number of benzene rings is 1. The third-order valence-electron chi connectivity index (χ3n) is 5.36. The molecule has 2 aromatic rings. The number of aromatic nitrogens is 1. The number of guanidine groups is 1. The van der Waals surface area contributed by atoms with Gasteiger partial charge >= 0.3 is 0 Å². The van der Waals surface area contributed by atoms with Crippen LogP contribution in [-0.4, -0.2) is 50.7 Å². The lowest BCUT2D eigenvalue weighted by atomic mass is 9.95. The van der Waals surface area contributed by atoms with E-state index in [0.29, 0.717) is 6.54 Å². The third-order valence-corrected chi connectivity index (χ3v) is 6.41. The van der Waals surface area contributed by atoms with E-state index in [2.05, 4.69) is 37.7 Å². The van der Waals surface area contributed by atoms with Gasteiger partial charge in [-0.3, -0.25) is 4.99 Å². The van der Waals surface area contributed by atoms with Crippen molar-refractivity contribution in [2.75, 3.05) is 34.9 Å². The summed E-state index contributed by atoms with van der Waals surface area (Å²) < 4.78 is 10.9. The molecule has 3 rings (SSSR count). The average Bonchev–Trinajstić information content (AvgIpc) is 3.37. The quantitative estimate of drug-likeness (QED) is 0.540. The molecule has 1 aromatic heterocycles. The van der Waals surface area contributed by atoms with Crippen LogP contribution in [0.25, 0.3) is 0 Å². The van der Waals surface area contributed by atoms with E-state index >= 15 is 0 Å². The van der Waals surface area contributed by atoms with Crippen molar-refractivity contribution < 1.29 is 9.47 Å². The lowest BCUT2D eigenvalue weighted by Crippen LogP contribution is -2.42. The van der Waals surface area contributed by atoms with Crippen LogP contribution in [0.2, 0.25) is 0 Å². The van der Waals surface area contributed by atoms with E-state index in [1.165, 1.54) is 5.56 Å². The van der Waals surface area contributed by atoms with Gasteiger partial charge in [-0.05, 0) is 25.8 Å². The Balaban J connectivity index is 1.62. The van der Waals surface area contributed by atoms with E-state index in [-0.39, 0.29) is 11.5 Å². The van der Waals surface area contributed by atoms with Crippen LogP contribution >= 0.6 is 11.3 Å². The first kappa shape index (κ1) is 20.6. The van der Waals surface area contributed by atoms with Gasteiger partial charge in [0.05, 0.1) is 19.3 Å². The highest BCUT2D eigenvalue weighted by Gasteiger charge is 2.46. The number of hydrogen-bond donors (Lipinski definition) is 1. The van der Waals surface area contributed by atoms with Gasteiger partial charge in [0.25, 0.3) is 0 Å². The van der Waals surface area contributed by atoms with Crippen molar-refractivity contribution >= 4 is 17.3 Å². The fourth-order valence-electron chi connectivity index (χ4n) is 3.41. The van der Waals surface area contributed by atoms with Gasteiger partial charge in [-0.1, -0.05) is 18.2 Å². The second kappa shape index (κ2) is 8.92. The number of ether oxygens (including phenoxy) is 2. The molecule has 1 fully saturated rings. The summed E-state index contributed by atoms with van der Waals surface area (Å²) in [5.74, 6) is 1.84. The smallest absolute Gasteiger partial charge is 0.193 e. The van der Waals surface area contributed by atoms with Crippen molar-refractivity contribution in [3.63, 3.8) is 0 Å². The van der Waals surface area contributed by atoms with Crippen molar-refractivity contribution in [3.05, 3.63) is 45.9 Å². The number of para-hydroxylation sites is 1. The molecule has 1 unspecified atom stereocenters. The van der Waals surface area contributed by atoms with Crippen LogP contribution in [0.1, 0.15) is 42.1 Å². The summed E-state index contributed by atoms with van der Waals surface area (Å²) in [7, 11) is 7.30. The summed E-state index contributed by atoms with van der Waals surface area (Å²) in [4.78, 5) is 11.2. The fourth-order valence-corrected chi connectivity index (χ4v) is 4.25. The predicted molar refractivity (Wildman–Crippen MR) is 114 cm³/mol. The Kier molecular flexibility index (Phi) is 6.57. The summed E-state index contributed by atoms with van der Waals surface area (Å²) in [6, 6.07) is 8.32. The highest BCUT2D eigenvalue weighted by atomic mass is 32.1. The lowest BCUT2D eigenvalue weighted by Gasteiger charge is -2.25. The minimum atomic E-state index is 0.0251. The molecule has 1 heterocycles. The van der Waals surface area contributed by atoms with Gasteiger partial charge in [-0.15, -0.1) is 11.3 Å². The van der Waals surface area contributed by atoms with Crippen LogP contribution in [0, 0.1) is 0 Å². The molecule has 0 saturated heterocycles. The molecule has 1 atom stereocenters. The van der Waals surface area contributed by atoms with E-state index in [9.17, 15) is 0 Å². The van der Waals surface area contributed by atoms with Gasteiger partial charge in [-0.2, -0.15) is 0 Å². The molecule has 0 amide bonds. The summed E-state index contributed by atoms with van der Waals surface area (Å²) in [5, 5.41) is 6.64. The fraction of sp³-hybridized carbons (Fsp3) is 0.524. The minimum Gasteiger partial charge on any atom is -0.496 e. The van der Waals surface area contributed by atoms with E-state index < -0.39 is 0 Å². The second-order valence-corrected chi connectivity index (χ2v) is 8.18. The first-order valence-corrected chi connectivity index (χ1v) is 10.4. The highest BCUT2D eigenvalue weighted by Crippen LogP contribution is 2.50. The van der Waals surface area contributed by atoms with Gasteiger partial charge < -0.3 is 19.7 Å². The number of aliphatic imine (C=N–C) groups is 1. The Morgan fingerprint density at radius 3 is 2.75 bits per heavy atom. The normalized spacial score (nSPS) is 16.5. The molecule has 0 bridgehead atoms. The van der Waals surface area contributed by atoms with Crippen LogP contribution < -0.4 is 10.1 Å². The topological polar surface area (TPSA) is 59.0 Å². The molecule has 1 aliphatic carbocycles. The van der Waals surface area contributed by atoms with Crippen LogP contribution in [0.4, 0.5) is 0 Å². The average molecular weight is 403 g/mol. The van der Waals surface area contributed by atoms with Crippen LogP contribution in [0.5, 0.6) is 5.75 Å². The van der Waals surface area contributed by atoms with Crippen molar-refractivity contribution in [3.8, 4) is 5.75 Å².